The fourth-order valence-corrected chi connectivity index (χ4v) is 4.01. The van der Waals surface area contributed by atoms with Crippen LogP contribution in [0.2, 0.25) is 0 Å². The van der Waals surface area contributed by atoms with Crippen LogP contribution in [0.3, 0.4) is 0 Å². The number of hydrogen-bond donors (Lipinski definition) is 0. The largest absolute Gasteiger partial charge is 0.489 e. The Labute approximate surface area is 189 Å². The first kappa shape index (κ1) is 25.6. The van der Waals surface area contributed by atoms with Gasteiger partial charge >= 0.3 is 0 Å². The minimum atomic E-state index is 0.597. The SMILES string of the molecule is CCCCC(CC)COc1cc(=C/Br)/c(=C/Br)cc1OCC(CC)CCCC. The van der Waals surface area contributed by atoms with Crippen molar-refractivity contribution in [2.45, 2.75) is 79.1 Å². The highest BCUT2D eigenvalue weighted by molar-refractivity contribution is 9.14. The Balaban J connectivity index is 2.99. The summed E-state index contributed by atoms with van der Waals surface area (Å²) < 4.78 is 12.6. The van der Waals surface area contributed by atoms with E-state index in [0.717, 1.165) is 48.0 Å². The van der Waals surface area contributed by atoms with Crippen molar-refractivity contribution in [1.29, 1.82) is 0 Å². The minimum Gasteiger partial charge on any atom is -0.489 e. The normalized spacial score (nSPS) is 14.9. The van der Waals surface area contributed by atoms with Crippen LogP contribution in [0.5, 0.6) is 11.5 Å². The molecular formula is C24H38Br2O2. The van der Waals surface area contributed by atoms with Gasteiger partial charge in [-0.25, -0.2) is 0 Å². The zero-order valence-electron chi connectivity index (χ0n) is 18.1. The van der Waals surface area contributed by atoms with E-state index in [4.69, 9.17) is 9.47 Å². The number of halogens is 2. The van der Waals surface area contributed by atoms with Gasteiger partial charge in [-0.1, -0.05) is 98.1 Å². The summed E-state index contributed by atoms with van der Waals surface area (Å²) in [6.07, 6.45) is 9.74. The van der Waals surface area contributed by atoms with Gasteiger partial charge in [-0.2, -0.15) is 0 Å². The first-order valence-corrected chi connectivity index (χ1v) is 12.8. The molecule has 0 saturated carbocycles. The van der Waals surface area contributed by atoms with Crippen LogP contribution in [0, 0.1) is 11.8 Å². The maximum absolute atomic E-state index is 6.28. The Hall–Kier alpha value is -0.480. The second-order valence-corrected chi connectivity index (χ2v) is 8.52. The van der Waals surface area contributed by atoms with Crippen molar-refractivity contribution < 1.29 is 9.47 Å². The third kappa shape index (κ3) is 8.90. The molecular weight excluding hydrogens is 480 g/mol. The van der Waals surface area contributed by atoms with Crippen molar-refractivity contribution in [1.82, 2.24) is 0 Å². The predicted molar refractivity (Wildman–Crippen MR) is 130 cm³/mol. The molecule has 0 bridgehead atoms. The summed E-state index contributed by atoms with van der Waals surface area (Å²) in [7, 11) is 0. The summed E-state index contributed by atoms with van der Waals surface area (Å²) in [5.74, 6) is 2.90. The van der Waals surface area contributed by atoms with Crippen molar-refractivity contribution in [2.75, 3.05) is 13.2 Å². The smallest absolute Gasteiger partial charge is 0.161 e. The first-order chi connectivity index (χ1) is 13.6. The molecule has 2 atom stereocenters. The maximum atomic E-state index is 6.28. The van der Waals surface area contributed by atoms with Gasteiger partial charge in [0.2, 0.25) is 0 Å². The lowest BCUT2D eigenvalue weighted by atomic mass is 10.0. The summed E-state index contributed by atoms with van der Waals surface area (Å²) in [5, 5.41) is 2.16. The summed E-state index contributed by atoms with van der Waals surface area (Å²) in [6, 6.07) is 4.16. The van der Waals surface area contributed by atoms with Gasteiger partial charge in [0.05, 0.1) is 13.2 Å². The molecule has 1 rings (SSSR count). The molecule has 2 nitrogen and oxygen atoms in total. The Morgan fingerprint density at radius 2 is 1.14 bits per heavy atom. The van der Waals surface area contributed by atoms with E-state index >= 15 is 0 Å². The molecule has 0 heterocycles. The first-order valence-electron chi connectivity index (χ1n) is 10.9. The van der Waals surface area contributed by atoms with E-state index < -0.39 is 0 Å². The average Bonchev–Trinajstić information content (AvgIpc) is 2.73. The Morgan fingerprint density at radius 3 is 1.43 bits per heavy atom. The van der Waals surface area contributed by atoms with E-state index in [9.17, 15) is 0 Å². The Bertz CT molecular complexity index is 600. The van der Waals surface area contributed by atoms with Crippen molar-refractivity contribution in [2.24, 2.45) is 11.8 Å². The summed E-state index contributed by atoms with van der Waals surface area (Å²) in [5.41, 5.74) is 0. The zero-order valence-corrected chi connectivity index (χ0v) is 21.3. The molecule has 0 N–H and O–H groups in total. The van der Waals surface area contributed by atoms with Crippen molar-refractivity contribution in [3.05, 3.63) is 22.6 Å². The van der Waals surface area contributed by atoms with Crippen LogP contribution >= 0.6 is 31.9 Å². The zero-order chi connectivity index (χ0) is 20.8. The van der Waals surface area contributed by atoms with Crippen molar-refractivity contribution in [3.8, 4) is 11.5 Å². The van der Waals surface area contributed by atoms with Gasteiger partial charge in [0, 0.05) is 0 Å². The summed E-state index contributed by atoms with van der Waals surface area (Å²) >= 11 is 6.95. The summed E-state index contributed by atoms with van der Waals surface area (Å²) in [6.45, 7) is 10.5. The fourth-order valence-electron chi connectivity index (χ4n) is 3.22. The molecule has 4 heteroatoms. The van der Waals surface area contributed by atoms with E-state index in [0.29, 0.717) is 11.8 Å². The predicted octanol–water partition coefficient (Wildman–Crippen LogP) is 7.14. The monoisotopic (exact) mass is 516 g/mol. The fraction of sp³-hybridized carbons (Fsp3) is 0.667. The van der Waals surface area contributed by atoms with Crippen LogP contribution in [-0.4, -0.2) is 13.2 Å². The molecule has 0 saturated heterocycles. The van der Waals surface area contributed by atoms with E-state index in [-0.39, 0.29) is 0 Å². The lowest BCUT2D eigenvalue weighted by Crippen LogP contribution is -2.25. The molecule has 0 spiro atoms. The topological polar surface area (TPSA) is 18.5 Å². The van der Waals surface area contributed by atoms with Gasteiger partial charge in [-0.3, -0.25) is 0 Å². The molecule has 0 fully saturated rings. The van der Waals surface area contributed by atoms with Crippen LogP contribution in [0.15, 0.2) is 12.1 Å². The molecule has 0 aliphatic heterocycles. The highest BCUT2D eigenvalue weighted by Gasteiger charge is 2.13. The molecule has 0 aromatic heterocycles. The van der Waals surface area contributed by atoms with Crippen LogP contribution < -0.4 is 19.9 Å². The molecule has 1 aromatic rings. The summed E-state index contributed by atoms with van der Waals surface area (Å²) in [4.78, 5) is 3.86. The molecule has 0 amide bonds. The number of benzene rings is 1. The maximum Gasteiger partial charge on any atom is 0.161 e. The van der Waals surface area contributed by atoms with Gasteiger partial charge < -0.3 is 9.47 Å². The number of rotatable bonds is 14. The number of unbranched alkanes of at least 4 members (excludes halogenated alkanes) is 2. The molecule has 28 heavy (non-hydrogen) atoms. The van der Waals surface area contributed by atoms with Gasteiger partial charge in [0.25, 0.3) is 0 Å². The number of ether oxygens (including phenoxy) is 2. The lowest BCUT2D eigenvalue weighted by molar-refractivity contribution is 0.199. The number of hydrogen-bond acceptors (Lipinski definition) is 2. The molecule has 160 valence electrons. The Kier molecular flexibility index (Phi) is 14.0. The van der Waals surface area contributed by atoms with E-state index in [2.05, 4.69) is 71.7 Å². The van der Waals surface area contributed by atoms with Crippen LogP contribution in [-0.2, 0) is 0 Å². The van der Waals surface area contributed by atoms with Crippen LogP contribution in [0.4, 0.5) is 0 Å². The average molecular weight is 518 g/mol. The third-order valence-corrected chi connectivity index (χ3v) is 6.41. The molecule has 2 unspecified atom stereocenters. The second kappa shape index (κ2) is 15.4. The standard InChI is InChI=1S/C24H38Br2O2/c1-5-9-11-19(7-3)17-27-23-13-21(15-25)22(16-26)14-24(23)28-18-20(8-4)12-10-6-2/h13-16,19-20H,5-12,17-18H2,1-4H3/b21-15-,22-16+. The highest BCUT2D eigenvalue weighted by Crippen LogP contribution is 2.27. The van der Waals surface area contributed by atoms with Crippen LogP contribution in [0.1, 0.15) is 79.1 Å². The molecule has 0 radical (unpaired) electrons. The van der Waals surface area contributed by atoms with Crippen molar-refractivity contribution >= 4 is 41.8 Å². The lowest BCUT2D eigenvalue weighted by Gasteiger charge is -2.20. The van der Waals surface area contributed by atoms with Gasteiger partial charge in [0.15, 0.2) is 11.5 Å². The molecule has 1 aromatic carbocycles. The highest BCUT2D eigenvalue weighted by atomic mass is 79.9. The van der Waals surface area contributed by atoms with E-state index in [1.165, 1.54) is 38.5 Å². The van der Waals surface area contributed by atoms with E-state index in [1.54, 1.807) is 0 Å². The van der Waals surface area contributed by atoms with Gasteiger partial charge in [-0.05, 0) is 57.2 Å². The van der Waals surface area contributed by atoms with E-state index in [1.807, 2.05) is 9.97 Å². The molecule has 0 aliphatic rings. The Morgan fingerprint density at radius 1 is 0.750 bits per heavy atom. The van der Waals surface area contributed by atoms with Crippen molar-refractivity contribution in [3.63, 3.8) is 0 Å². The quantitative estimate of drug-likeness (QED) is 0.261. The minimum absolute atomic E-state index is 0.597. The van der Waals surface area contributed by atoms with Gasteiger partial charge in [0.1, 0.15) is 0 Å². The second-order valence-electron chi connectivity index (χ2n) is 7.60. The van der Waals surface area contributed by atoms with Gasteiger partial charge in [-0.15, -0.1) is 0 Å². The van der Waals surface area contributed by atoms with Crippen LogP contribution in [0.25, 0.3) is 9.97 Å². The third-order valence-electron chi connectivity index (χ3n) is 5.42. The molecule has 0 aliphatic carbocycles.